The smallest absolute Gasteiger partial charge is 0.335 e. The van der Waals surface area contributed by atoms with Crippen molar-refractivity contribution in [2.45, 2.75) is 6.54 Å². The lowest BCUT2D eigenvalue weighted by molar-refractivity contribution is 0.0696. The minimum absolute atomic E-state index is 0.216. The Morgan fingerprint density at radius 2 is 1.95 bits per heavy atom. The first-order valence-corrected chi connectivity index (χ1v) is 6.85. The van der Waals surface area contributed by atoms with Crippen LogP contribution in [0.4, 0.5) is 4.79 Å². The van der Waals surface area contributed by atoms with Crippen molar-refractivity contribution < 1.29 is 14.7 Å². The van der Waals surface area contributed by atoms with Gasteiger partial charge in [-0.2, -0.15) is 0 Å². The van der Waals surface area contributed by atoms with Crippen molar-refractivity contribution in [3.8, 4) is 0 Å². The summed E-state index contributed by atoms with van der Waals surface area (Å²) >= 11 is 0. The summed E-state index contributed by atoms with van der Waals surface area (Å²) in [5.41, 5.74) is 3.76. The molecule has 0 unspecified atom stereocenters. The van der Waals surface area contributed by atoms with Gasteiger partial charge in [-0.1, -0.05) is 12.1 Å². The van der Waals surface area contributed by atoms with E-state index in [2.05, 4.69) is 15.6 Å². The van der Waals surface area contributed by atoms with Crippen LogP contribution in [0.2, 0.25) is 0 Å². The summed E-state index contributed by atoms with van der Waals surface area (Å²) in [5.74, 6) is -0.973. The summed E-state index contributed by atoms with van der Waals surface area (Å²) in [6, 6.07) is 6.25. The van der Waals surface area contributed by atoms with E-state index in [1.54, 1.807) is 18.2 Å². The van der Waals surface area contributed by atoms with Crippen molar-refractivity contribution in [2.75, 3.05) is 33.2 Å². The predicted octanol–water partition coefficient (Wildman–Crippen LogP) is 0.346. The van der Waals surface area contributed by atoms with E-state index in [1.165, 1.54) is 6.07 Å². The number of likely N-dealkylation sites (N-methyl/N-ethyl adjacent to an activating group) is 1. The number of rotatable bonds is 4. The normalized spacial score (nSPS) is 16.4. The van der Waals surface area contributed by atoms with E-state index >= 15 is 0 Å². The number of hydrogen-bond donors (Lipinski definition) is 3. The fourth-order valence-corrected chi connectivity index (χ4v) is 2.10. The lowest BCUT2D eigenvalue weighted by Crippen LogP contribution is -2.54. The molecule has 0 spiro atoms. The number of amides is 2. The number of nitrogens with zero attached hydrogens (tertiary/aromatic N) is 2. The highest BCUT2D eigenvalue weighted by atomic mass is 16.4. The van der Waals surface area contributed by atoms with Gasteiger partial charge in [-0.15, -0.1) is 0 Å². The number of carboxylic acids is 1. The Hall–Kier alpha value is -2.12. The minimum Gasteiger partial charge on any atom is -0.478 e. The van der Waals surface area contributed by atoms with Crippen molar-refractivity contribution in [1.82, 2.24) is 20.7 Å². The van der Waals surface area contributed by atoms with E-state index in [-0.39, 0.29) is 11.6 Å². The molecule has 21 heavy (non-hydrogen) atoms. The van der Waals surface area contributed by atoms with Gasteiger partial charge in [0, 0.05) is 32.7 Å². The highest BCUT2D eigenvalue weighted by Gasteiger charge is 2.15. The molecular weight excluding hydrogens is 272 g/mol. The van der Waals surface area contributed by atoms with Gasteiger partial charge in [0.05, 0.1) is 5.56 Å². The van der Waals surface area contributed by atoms with Crippen molar-refractivity contribution in [3.63, 3.8) is 0 Å². The topological polar surface area (TPSA) is 84.9 Å². The van der Waals surface area contributed by atoms with Gasteiger partial charge < -0.3 is 15.3 Å². The third-order valence-electron chi connectivity index (χ3n) is 3.39. The zero-order chi connectivity index (χ0) is 15.2. The maximum Gasteiger partial charge on any atom is 0.335 e. The van der Waals surface area contributed by atoms with Gasteiger partial charge in [0.25, 0.3) is 0 Å². The number of hydrazine groups is 1. The van der Waals surface area contributed by atoms with E-state index in [0.29, 0.717) is 6.54 Å². The molecule has 0 atom stereocenters. The molecule has 2 amide bonds. The molecule has 0 aliphatic carbocycles. The van der Waals surface area contributed by atoms with Gasteiger partial charge in [-0.3, -0.25) is 5.43 Å². The predicted molar refractivity (Wildman–Crippen MR) is 77.8 cm³/mol. The summed E-state index contributed by atoms with van der Waals surface area (Å²) in [6.45, 7) is 3.71. The van der Waals surface area contributed by atoms with Gasteiger partial charge >= 0.3 is 12.0 Å². The second-order valence-electron chi connectivity index (χ2n) is 5.09. The van der Waals surface area contributed by atoms with Gasteiger partial charge in [-0.05, 0) is 24.7 Å². The summed E-state index contributed by atoms with van der Waals surface area (Å²) in [6.07, 6.45) is 0. The number of piperazine rings is 1. The van der Waals surface area contributed by atoms with Crippen LogP contribution in [0, 0.1) is 0 Å². The fraction of sp³-hybridized carbons (Fsp3) is 0.429. The lowest BCUT2D eigenvalue weighted by Gasteiger charge is -2.32. The molecule has 7 heteroatoms. The third-order valence-corrected chi connectivity index (χ3v) is 3.39. The Morgan fingerprint density at radius 3 is 2.62 bits per heavy atom. The highest BCUT2D eigenvalue weighted by molar-refractivity contribution is 5.87. The van der Waals surface area contributed by atoms with Gasteiger partial charge in [0.1, 0.15) is 0 Å². The number of hydrogen-bond acceptors (Lipinski definition) is 4. The van der Waals surface area contributed by atoms with E-state index in [4.69, 9.17) is 5.11 Å². The number of benzene rings is 1. The number of aromatic carboxylic acids is 1. The summed E-state index contributed by atoms with van der Waals surface area (Å²) in [5, 5.41) is 13.5. The van der Waals surface area contributed by atoms with Crippen LogP contribution in [0.3, 0.4) is 0 Å². The molecule has 1 aliphatic rings. The molecule has 3 N–H and O–H groups in total. The largest absolute Gasteiger partial charge is 0.478 e. The van der Waals surface area contributed by atoms with E-state index < -0.39 is 5.97 Å². The molecule has 7 nitrogen and oxygen atoms in total. The first-order chi connectivity index (χ1) is 10.0. The lowest BCUT2D eigenvalue weighted by atomic mass is 10.1. The molecule has 1 heterocycles. The van der Waals surface area contributed by atoms with Crippen molar-refractivity contribution in [3.05, 3.63) is 35.4 Å². The van der Waals surface area contributed by atoms with Crippen LogP contribution >= 0.6 is 0 Å². The maximum absolute atomic E-state index is 11.8. The first-order valence-electron chi connectivity index (χ1n) is 6.85. The molecule has 2 rings (SSSR count). The van der Waals surface area contributed by atoms with Crippen LogP contribution in [0.1, 0.15) is 15.9 Å². The Bertz CT molecular complexity index is 513. The molecule has 1 fully saturated rings. The molecule has 0 saturated carbocycles. The van der Waals surface area contributed by atoms with Crippen LogP contribution < -0.4 is 10.7 Å². The van der Waals surface area contributed by atoms with Crippen LogP contribution in [-0.4, -0.2) is 60.2 Å². The molecule has 1 aromatic rings. The first kappa shape index (κ1) is 15.3. The molecular formula is C14H20N4O3. The summed E-state index contributed by atoms with van der Waals surface area (Å²) in [4.78, 5) is 24.9. The second-order valence-corrected chi connectivity index (χ2v) is 5.09. The molecule has 1 aliphatic heterocycles. The van der Waals surface area contributed by atoms with Crippen molar-refractivity contribution in [1.29, 1.82) is 0 Å². The second kappa shape index (κ2) is 7.05. The molecule has 1 aromatic carbocycles. The Kier molecular flexibility index (Phi) is 5.13. The number of nitrogens with one attached hydrogen (secondary N) is 2. The van der Waals surface area contributed by atoms with Crippen molar-refractivity contribution >= 4 is 12.0 Å². The average Bonchev–Trinajstić information content (AvgIpc) is 2.48. The number of carboxylic acid groups (broad SMARTS) is 1. The average molecular weight is 292 g/mol. The van der Waals surface area contributed by atoms with Crippen LogP contribution in [-0.2, 0) is 6.54 Å². The number of carbonyl (C=O) groups excluding carboxylic acids is 1. The molecule has 0 aromatic heterocycles. The Morgan fingerprint density at radius 1 is 1.24 bits per heavy atom. The minimum atomic E-state index is -0.973. The van der Waals surface area contributed by atoms with Crippen LogP contribution in [0.25, 0.3) is 0 Å². The van der Waals surface area contributed by atoms with Gasteiger partial charge in [0.2, 0.25) is 0 Å². The Labute approximate surface area is 123 Å². The maximum atomic E-state index is 11.8. The quantitative estimate of drug-likeness (QED) is 0.745. The van der Waals surface area contributed by atoms with E-state index in [9.17, 15) is 9.59 Å². The van der Waals surface area contributed by atoms with E-state index in [1.807, 2.05) is 12.1 Å². The molecule has 0 radical (unpaired) electrons. The standard InChI is InChI=1S/C14H20N4O3/c1-17-5-7-18(8-6-17)16-14(21)15-10-11-3-2-4-12(9-11)13(19)20/h2-4,9H,5-8,10H2,1H3,(H,19,20)(H2,15,16,21). The summed E-state index contributed by atoms with van der Waals surface area (Å²) < 4.78 is 0. The third kappa shape index (κ3) is 4.73. The molecule has 0 bridgehead atoms. The fourth-order valence-electron chi connectivity index (χ4n) is 2.10. The van der Waals surface area contributed by atoms with Crippen LogP contribution in [0.5, 0.6) is 0 Å². The molecule has 114 valence electrons. The number of urea groups is 1. The van der Waals surface area contributed by atoms with Crippen molar-refractivity contribution in [2.24, 2.45) is 0 Å². The Balaban J connectivity index is 1.78. The number of carbonyl (C=O) groups is 2. The van der Waals surface area contributed by atoms with Gasteiger partial charge in [0.15, 0.2) is 0 Å². The van der Waals surface area contributed by atoms with Crippen LogP contribution in [0.15, 0.2) is 24.3 Å². The zero-order valence-electron chi connectivity index (χ0n) is 12.0. The van der Waals surface area contributed by atoms with Gasteiger partial charge in [-0.25, -0.2) is 14.6 Å². The zero-order valence-corrected chi connectivity index (χ0v) is 12.0. The highest BCUT2D eigenvalue weighted by Crippen LogP contribution is 2.05. The monoisotopic (exact) mass is 292 g/mol. The molecule has 1 saturated heterocycles. The summed E-state index contributed by atoms with van der Waals surface area (Å²) in [7, 11) is 2.05. The van der Waals surface area contributed by atoms with E-state index in [0.717, 1.165) is 31.7 Å². The SMILES string of the molecule is CN1CCN(NC(=O)NCc2cccc(C(=O)O)c2)CC1.